The van der Waals surface area contributed by atoms with Crippen LogP contribution in [0.25, 0.3) is 21.9 Å². The molecule has 3 heterocycles. The van der Waals surface area contributed by atoms with Crippen LogP contribution in [0.15, 0.2) is 59.7 Å². The monoisotopic (exact) mass is 446 g/mol. The second kappa shape index (κ2) is 9.07. The van der Waals surface area contributed by atoms with E-state index < -0.39 is 0 Å². The smallest absolute Gasteiger partial charge is 0.278 e. The number of hydrogen-bond acceptors (Lipinski definition) is 5. The van der Waals surface area contributed by atoms with Crippen molar-refractivity contribution in [3.05, 3.63) is 70.8 Å². The van der Waals surface area contributed by atoms with Gasteiger partial charge in [0.05, 0.1) is 31.6 Å². The van der Waals surface area contributed by atoms with Gasteiger partial charge in [0.25, 0.3) is 5.56 Å². The van der Waals surface area contributed by atoms with E-state index in [1.165, 1.54) is 0 Å². The summed E-state index contributed by atoms with van der Waals surface area (Å²) < 4.78 is 14.1. The van der Waals surface area contributed by atoms with Gasteiger partial charge < -0.3 is 19.4 Å². The molecule has 2 aromatic heterocycles. The summed E-state index contributed by atoms with van der Waals surface area (Å²) in [5.74, 6) is 0.604. The molecule has 1 saturated heterocycles. The molecule has 0 bridgehead atoms. The number of methoxy groups -OCH3 is 1. The van der Waals surface area contributed by atoms with Gasteiger partial charge in [0.15, 0.2) is 0 Å². The summed E-state index contributed by atoms with van der Waals surface area (Å²) in [6.45, 7) is 1.64. The first-order valence-electron chi connectivity index (χ1n) is 11.1. The van der Waals surface area contributed by atoms with Crippen molar-refractivity contribution in [2.45, 2.75) is 32.0 Å². The minimum absolute atomic E-state index is 0.0419. The van der Waals surface area contributed by atoms with E-state index in [2.05, 4.69) is 10.3 Å². The van der Waals surface area contributed by atoms with E-state index in [0.717, 1.165) is 41.7 Å². The van der Waals surface area contributed by atoms with Gasteiger partial charge in [-0.1, -0.05) is 30.3 Å². The Labute approximate surface area is 190 Å². The van der Waals surface area contributed by atoms with Gasteiger partial charge in [0.1, 0.15) is 23.3 Å². The minimum atomic E-state index is -0.182. The number of benzene rings is 2. The van der Waals surface area contributed by atoms with Crippen molar-refractivity contribution in [1.29, 1.82) is 0 Å². The van der Waals surface area contributed by atoms with Crippen molar-refractivity contribution in [3.8, 4) is 5.75 Å². The molecule has 8 heteroatoms. The zero-order valence-electron chi connectivity index (χ0n) is 18.5. The summed E-state index contributed by atoms with van der Waals surface area (Å²) in [7, 11) is 1.62. The number of carbonyl (C=O) groups excluding carboxylic acids is 1. The quantitative estimate of drug-likeness (QED) is 0.472. The summed E-state index contributed by atoms with van der Waals surface area (Å²) >= 11 is 0. The number of carbonyl (C=O) groups is 1. The van der Waals surface area contributed by atoms with Crippen LogP contribution in [0.5, 0.6) is 5.75 Å². The lowest BCUT2D eigenvalue weighted by Gasteiger charge is -2.12. The molecule has 33 heavy (non-hydrogen) atoms. The van der Waals surface area contributed by atoms with Crippen LogP contribution in [-0.4, -0.2) is 46.4 Å². The Kier molecular flexibility index (Phi) is 5.83. The number of rotatable bonds is 7. The van der Waals surface area contributed by atoms with Gasteiger partial charge in [-0.3, -0.25) is 14.2 Å². The number of para-hydroxylation sites is 1. The van der Waals surface area contributed by atoms with Gasteiger partial charge in [0, 0.05) is 18.5 Å². The summed E-state index contributed by atoms with van der Waals surface area (Å²) in [5, 5.41) is 3.81. The molecule has 1 aliphatic rings. The molecule has 5 rings (SSSR count). The number of fused-ring (bicyclic) bond motifs is 3. The Hall–Kier alpha value is -3.65. The first-order chi connectivity index (χ1) is 16.1. The van der Waals surface area contributed by atoms with Crippen LogP contribution in [-0.2, 0) is 22.6 Å². The van der Waals surface area contributed by atoms with Crippen LogP contribution in [0.1, 0.15) is 18.4 Å². The lowest BCUT2D eigenvalue weighted by Crippen LogP contribution is -2.34. The van der Waals surface area contributed by atoms with Gasteiger partial charge >= 0.3 is 0 Å². The van der Waals surface area contributed by atoms with Crippen molar-refractivity contribution >= 4 is 27.8 Å². The predicted octanol–water partition coefficient (Wildman–Crippen LogP) is 2.70. The highest BCUT2D eigenvalue weighted by atomic mass is 16.5. The topological polar surface area (TPSA) is 87.4 Å². The number of aromatic nitrogens is 3. The highest BCUT2D eigenvalue weighted by Crippen LogP contribution is 2.25. The first-order valence-corrected chi connectivity index (χ1v) is 11.1. The normalized spacial score (nSPS) is 15.8. The largest absolute Gasteiger partial charge is 0.497 e. The fraction of sp³-hybridized carbons (Fsp3) is 0.320. The fourth-order valence-electron chi connectivity index (χ4n) is 4.39. The standard InChI is InChI=1S/C25H26N4O4/c1-32-18-10-8-17(9-11-18)14-28-16-27-23-20-6-2-3-7-21(20)29(24(23)25(28)31)15-22(30)26-13-19-5-4-12-33-19/h2-3,6-11,16,19H,4-5,12-15H2,1H3,(H,26,30). The maximum absolute atomic E-state index is 13.5. The van der Waals surface area contributed by atoms with E-state index in [4.69, 9.17) is 9.47 Å². The number of nitrogens with one attached hydrogen (secondary N) is 1. The van der Waals surface area contributed by atoms with E-state index in [9.17, 15) is 9.59 Å². The molecule has 0 saturated carbocycles. The molecular weight excluding hydrogens is 420 g/mol. The van der Waals surface area contributed by atoms with E-state index in [0.29, 0.717) is 24.1 Å². The van der Waals surface area contributed by atoms with Gasteiger partial charge in [-0.25, -0.2) is 4.98 Å². The van der Waals surface area contributed by atoms with E-state index >= 15 is 0 Å². The third kappa shape index (κ3) is 4.21. The zero-order valence-corrected chi connectivity index (χ0v) is 18.5. The zero-order chi connectivity index (χ0) is 22.8. The lowest BCUT2D eigenvalue weighted by atomic mass is 10.2. The van der Waals surface area contributed by atoms with E-state index in [-0.39, 0.29) is 24.1 Å². The average molecular weight is 447 g/mol. The molecule has 0 aliphatic carbocycles. The van der Waals surface area contributed by atoms with Crippen LogP contribution in [0, 0.1) is 0 Å². The molecule has 8 nitrogen and oxygen atoms in total. The van der Waals surface area contributed by atoms with Crippen molar-refractivity contribution in [3.63, 3.8) is 0 Å². The highest BCUT2D eigenvalue weighted by molar-refractivity contribution is 6.06. The molecular formula is C25H26N4O4. The summed E-state index contributed by atoms with van der Waals surface area (Å²) in [4.78, 5) is 30.9. The van der Waals surface area contributed by atoms with Crippen molar-refractivity contribution in [2.24, 2.45) is 0 Å². The Balaban J connectivity index is 1.49. The van der Waals surface area contributed by atoms with E-state index in [1.807, 2.05) is 48.5 Å². The minimum Gasteiger partial charge on any atom is -0.497 e. The molecule has 4 aromatic rings. The molecule has 1 atom stereocenters. The Morgan fingerprint density at radius 3 is 2.79 bits per heavy atom. The van der Waals surface area contributed by atoms with Crippen LogP contribution in [0.2, 0.25) is 0 Å². The molecule has 1 N–H and O–H groups in total. The fourth-order valence-corrected chi connectivity index (χ4v) is 4.39. The van der Waals surface area contributed by atoms with Gasteiger partial charge in [-0.15, -0.1) is 0 Å². The lowest BCUT2D eigenvalue weighted by molar-refractivity contribution is -0.122. The summed E-state index contributed by atoms with van der Waals surface area (Å²) in [5.41, 5.74) is 2.62. The maximum Gasteiger partial charge on any atom is 0.278 e. The van der Waals surface area contributed by atoms with Crippen LogP contribution < -0.4 is 15.6 Å². The van der Waals surface area contributed by atoms with Crippen molar-refractivity contribution in [1.82, 2.24) is 19.4 Å². The Morgan fingerprint density at radius 1 is 1.21 bits per heavy atom. The third-order valence-corrected chi connectivity index (χ3v) is 6.10. The number of nitrogens with zero attached hydrogens (tertiary/aromatic N) is 3. The molecule has 0 spiro atoms. The molecule has 0 radical (unpaired) electrons. The molecule has 1 amide bonds. The SMILES string of the molecule is COc1ccc(Cn2cnc3c4ccccc4n(CC(=O)NCC4CCCO4)c3c2=O)cc1. The third-order valence-electron chi connectivity index (χ3n) is 6.10. The molecule has 2 aromatic carbocycles. The number of hydrogen-bond donors (Lipinski definition) is 1. The van der Waals surface area contributed by atoms with E-state index in [1.54, 1.807) is 22.6 Å². The predicted molar refractivity (Wildman–Crippen MR) is 126 cm³/mol. The van der Waals surface area contributed by atoms with Crippen LogP contribution in [0.4, 0.5) is 0 Å². The second-order valence-electron chi connectivity index (χ2n) is 8.27. The van der Waals surface area contributed by atoms with Crippen LogP contribution in [0.3, 0.4) is 0 Å². The second-order valence-corrected chi connectivity index (χ2v) is 8.27. The average Bonchev–Trinajstić information content (AvgIpc) is 3.47. The molecule has 1 unspecified atom stereocenters. The van der Waals surface area contributed by atoms with Crippen molar-refractivity contribution < 1.29 is 14.3 Å². The van der Waals surface area contributed by atoms with Crippen LogP contribution >= 0.6 is 0 Å². The number of ether oxygens (including phenoxy) is 2. The molecule has 170 valence electrons. The Bertz CT molecular complexity index is 1350. The summed E-state index contributed by atoms with van der Waals surface area (Å²) in [6, 6.07) is 15.2. The number of amides is 1. The van der Waals surface area contributed by atoms with Crippen molar-refractivity contribution in [2.75, 3.05) is 20.3 Å². The molecule has 1 fully saturated rings. The Morgan fingerprint density at radius 2 is 2.03 bits per heavy atom. The van der Waals surface area contributed by atoms with Gasteiger partial charge in [0.2, 0.25) is 5.91 Å². The van der Waals surface area contributed by atoms with Gasteiger partial charge in [-0.05, 0) is 36.6 Å². The van der Waals surface area contributed by atoms with Gasteiger partial charge in [-0.2, -0.15) is 0 Å². The highest BCUT2D eigenvalue weighted by Gasteiger charge is 2.20. The molecule has 1 aliphatic heterocycles. The maximum atomic E-state index is 13.5. The first kappa shape index (κ1) is 21.2. The summed E-state index contributed by atoms with van der Waals surface area (Å²) in [6.07, 6.45) is 3.61.